The van der Waals surface area contributed by atoms with Crippen molar-refractivity contribution in [1.82, 2.24) is 0 Å². The predicted molar refractivity (Wildman–Crippen MR) is 109 cm³/mol. The molecule has 4 rings (SSSR count). The largest absolute Gasteiger partial charge is 0.497 e. The minimum absolute atomic E-state index is 0.0727. The molecule has 0 saturated carbocycles. The van der Waals surface area contributed by atoms with Crippen molar-refractivity contribution in [3.63, 3.8) is 0 Å². The molecule has 4 heteroatoms. The average molecular weight is 374 g/mol. The van der Waals surface area contributed by atoms with E-state index in [4.69, 9.17) is 4.74 Å². The van der Waals surface area contributed by atoms with Gasteiger partial charge < -0.3 is 9.47 Å². The number of hydrogen-bond acceptors (Lipinski definition) is 4. The quantitative estimate of drug-likeness (QED) is 0.425. The van der Waals surface area contributed by atoms with Crippen molar-refractivity contribution >= 4 is 28.8 Å². The summed E-state index contributed by atoms with van der Waals surface area (Å²) in [4.78, 5) is 22.8. The van der Waals surface area contributed by atoms with Crippen molar-refractivity contribution in [2.75, 3.05) is 6.61 Å². The maximum atomic E-state index is 12.2. The monoisotopic (exact) mass is 374 g/mol. The number of hydrogen-bond donors (Lipinski definition) is 0. The van der Waals surface area contributed by atoms with E-state index in [1.165, 1.54) is 16.7 Å². The first-order chi connectivity index (χ1) is 13.4. The van der Waals surface area contributed by atoms with Crippen LogP contribution in [0.4, 0.5) is 0 Å². The number of fused-ring (bicyclic) bond motifs is 1. The molecule has 0 bridgehead atoms. The Bertz CT molecular complexity index is 1080. The highest BCUT2D eigenvalue weighted by atomic mass is 16.6. The fraction of sp³-hybridized carbons (Fsp3) is 0.250. The summed E-state index contributed by atoms with van der Waals surface area (Å²) in [6, 6.07) is 9.92. The number of carbonyl (C=O) groups is 2. The summed E-state index contributed by atoms with van der Waals surface area (Å²) in [6.45, 7) is 7.11. The van der Waals surface area contributed by atoms with Gasteiger partial charge in [-0.05, 0) is 69.5 Å². The Hall–Kier alpha value is -3.14. The van der Waals surface area contributed by atoms with Gasteiger partial charge in [-0.2, -0.15) is 0 Å². The van der Waals surface area contributed by atoms with E-state index in [1.807, 2.05) is 37.3 Å². The zero-order chi connectivity index (χ0) is 19.9. The lowest BCUT2D eigenvalue weighted by Crippen LogP contribution is -2.24. The van der Waals surface area contributed by atoms with Crippen LogP contribution in [0.25, 0.3) is 16.3 Å². The summed E-state index contributed by atoms with van der Waals surface area (Å²) >= 11 is 0. The van der Waals surface area contributed by atoms with Gasteiger partial charge in [0, 0.05) is 0 Å². The van der Waals surface area contributed by atoms with Gasteiger partial charge in [-0.15, -0.1) is 0 Å². The minimum atomic E-state index is -0.623. The standard InChI is InChI=1S/C24H22O4/c1-15-4-5-17-12-16(6-7-19(17)22(15)23(26)28-14-25)18-8-10-24(2,3)21-13-27-11-9-20(18)21/h4-9,11-12,14H,10,13H2,1-3H3. The molecule has 142 valence electrons. The molecular formula is C24H22O4. The zero-order valence-corrected chi connectivity index (χ0v) is 16.2. The van der Waals surface area contributed by atoms with E-state index in [1.54, 1.807) is 6.26 Å². The summed E-state index contributed by atoms with van der Waals surface area (Å²) in [5, 5.41) is 1.72. The lowest BCUT2D eigenvalue weighted by atomic mass is 9.71. The lowest BCUT2D eigenvalue weighted by Gasteiger charge is -2.35. The molecule has 0 N–H and O–H groups in total. The molecule has 0 spiro atoms. The number of carbonyl (C=O) groups excluding carboxylic acids is 2. The van der Waals surface area contributed by atoms with Crippen LogP contribution in [0.5, 0.6) is 0 Å². The molecule has 2 aliphatic rings. The van der Waals surface area contributed by atoms with Gasteiger partial charge in [0.1, 0.15) is 6.61 Å². The van der Waals surface area contributed by atoms with Gasteiger partial charge in [0.2, 0.25) is 0 Å². The molecule has 0 aromatic heterocycles. The van der Waals surface area contributed by atoms with Crippen LogP contribution in [0.1, 0.15) is 41.8 Å². The molecule has 0 atom stereocenters. The highest BCUT2D eigenvalue weighted by Gasteiger charge is 2.31. The van der Waals surface area contributed by atoms with Crippen LogP contribution in [0.3, 0.4) is 0 Å². The van der Waals surface area contributed by atoms with Crippen molar-refractivity contribution in [2.45, 2.75) is 27.2 Å². The topological polar surface area (TPSA) is 52.6 Å². The van der Waals surface area contributed by atoms with Crippen molar-refractivity contribution in [3.05, 3.63) is 76.6 Å². The van der Waals surface area contributed by atoms with Crippen LogP contribution < -0.4 is 0 Å². The Morgan fingerprint density at radius 2 is 2.04 bits per heavy atom. The van der Waals surface area contributed by atoms with E-state index in [0.717, 1.165) is 28.3 Å². The molecule has 1 aliphatic heterocycles. The second-order valence-electron chi connectivity index (χ2n) is 7.91. The average Bonchev–Trinajstić information content (AvgIpc) is 2.68. The summed E-state index contributed by atoms with van der Waals surface area (Å²) in [5.74, 6) is -0.623. The van der Waals surface area contributed by atoms with Crippen molar-refractivity contribution in [2.24, 2.45) is 5.41 Å². The Balaban J connectivity index is 1.83. The minimum Gasteiger partial charge on any atom is -0.497 e. The first kappa shape index (κ1) is 18.2. The lowest BCUT2D eigenvalue weighted by molar-refractivity contribution is -0.123. The first-order valence-corrected chi connectivity index (χ1v) is 9.33. The Morgan fingerprint density at radius 3 is 2.82 bits per heavy atom. The van der Waals surface area contributed by atoms with Crippen LogP contribution >= 0.6 is 0 Å². The van der Waals surface area contributed by atoms with Gasteiger partial charge in [-0.25, -0.2) is 4.79 Å². The number of ether oxygens (including phenoxy) is 2. The molecular weight excluding hydrogens is 352 g/mol. The molecule has 4 nitrogen and oxygen atoms in total. The molecule has 2 aromatic carbocycles. The van der Waals surface area contributed by atoms with Crippen LogP contribution in [-0.4, -0.2) is 19.0 Å². The highest BCUT2D eigenvalue weighted by molar-refractivity contribution is 6.08. The summed E-state index contributed by atoms with van der Waals surface area (Å²) in [7, 11) is 0. The third-order valence-corrected chi connectivity index (χ3v) is 5.71. The second kappa shape index (κ2) is 6.79. The van der Waals surface area contributed by atoms with Gasteiger partial charge in [0.25, 0.3) is 0 Å². The summed E-state index contributed by atoms with van der Waals surface area (Å²) in [5.41, 5.74) is 6.10. The third-order valence-electron chi connectivity index (χ3n) is 5.71. The number of benzene rings is 2. The predicted octanol–water partition coefficient (Wildman–Crippen LogP) is 5.12. The summed E-state index contributed by atoms with van der Waals surface area (Å²) < 4.78 is 10.2. The Labute approximate surface area is 164 Å². The van der Waals surface area contributed by atoms with Gasteiger partial charge in [0.15, 0.2) is 0 Å². The molecule has 0 amide bonds. The smallest absolute Gasteiger partial charge is 0.346 e. The van der Waals surface area contributed by atoms with Gasteiger partial charge in [-0.1, -0.05) is 44.2 Å². The van der Waals surface area contributed by atoms with Gasteiger partial charge in [0.05, 0.1) is 11.8 Å². The fourth-order valence-electron chi connectivity index (χ4n) is 4.08. The number of rotatable bonds is 3. The van der Waals surface area contributed by atoms with E-state index in [2.05, 4.69) is 30.7 Å². The Morgan fingerprint density at radius 1 is 1.21 bits per heavy atom. The van der Waals surface area contributed by atoms with Crippen LogP contribution in [0.15, 0.2) is 59.9 Å². The molecule has 28 heavy (non-hydrogen) atoms. The van der Waals surface area contributed by atoms with Crippen molar-refractivity contribution in [3.8, 4) is 0 Å². The fourth-order valence-corrected chi connectivity index (χ4v) is 4.08. The SMILES string of the molecule is Cc1ccc2cc(C3=CCC(C)(C)C4=C3C=COC4)ccc2c1C(=O)OC=O. The normalized spacial score (nSPS) is 17.6. The van der Waals surface area contributed by atoms with E-state index in [-0.39, 0.29) is 11.9 Å². The molecule has 1 aliphatic carbocycles. The maximum absolute atomic E-state index is 12.2. The molecule has 0 saturated heterocycles. The molecule has 0 radical (unpaired) electrons. The van der Waals surface area contributed by atoms with Crippen LogP contribution in [0, 0.1) is 12.3 Å². The van der Waals surface area contributed by atoms with Crippen LogP contribution in [-0.2, 0) is 14.3 Å². The summed E-state index contributed by atoms with van der Waals surface area (Å²) in [6.07, 6.45) is 7.02. The second-order valence-corrected chi connectivity index (χ2v) is 7.91. The van der Waals surface area contributed by atoms with Gasteiger partial charge in [-0.3, -0.25) is 4.79 Å². The van der Waals surface area contributed by atoms with E-state index >= 15 is 0 Å². The third kappa shape index (κ3) is 2.95. The Kier molecular flexibility index (Phi) is 4.42. The number of allylic oxidation sites excluding steroid dienone is 4. The van der Waals surface area contributed by atoms with E-state index in [9.17, 15) is 9.59 Å². The first-order valence-electron chi connectivity index (χ1n) is 9.33. The number of aryl methyl sites for hydroxylation is 1. The molecule has 1 heterocycles. The maximum Gasteiger partial charge on any atom is 0.346 e. The van der Waals surface area contributed by atoms with Gasteiger partial charge >= 0.3 is 12.4 Å². The van der Waals surface area contributed by atoms with Crippen molar-refractivity contribution < 1.29 is 19.1 Å². The molecule has 2 aromatic rings. The van der Waals surface area contributed by atoms with Crippen LogP contribution in [0.2, 0.25) is 0 Å². The van der Waals surface area contributed by atoms with E-state index < -0.39 is 5.97 Å². The molecule has 0 unspecified atom stereocenters. The molecule has 0 fully saturated rings. The zero-order valence-electron chi connectivity index (χ0n) is 16.2. The van der Waals surface area contributed by atoms with E-state index in [0.29, 0.717) is 12.2 Å². The van der Waals surface area contributed by atoms with Crippen molar-refractivity contribution in [1.29, 1.82) is 0 Å². The number of esters is 1. The highest BCUT2D eigenvalue weighted by Crippen LogP contribution is 2.45.